The highest BCUT2D eigenvalue weighted by Gasteiger charge is 2.62. The molecule has 0 bridgehead atoms. The number of carbonyl (C=O) groups excluding carboxylic acids is 3. The van der Waals surface area contributed by atoms with E-state index in [-0.39, 0.29) is 29.5 Å². The van der Waals surface area contributed by atoms with Gasteiger partial charge in [-0.25, -0.2) is 4.79 Å². The van der Waals surface area contributed by atoms with Crippen molar-refractivity contribution in [3.8, 4) is 0 Å². The smallest absolute Gasteiger partial charge is 0.334 e. The Kier molecular flexibility index (Phi) is 4.38. The third kappa shape index (κ3) is 2.55. The van der Waals surface area contributed by atoms with Gasteiger partial charge in [0.2, 0.25) is 0 Å². The number of fused-ring (bicyclic) bond motifs is 2. The number of hydrogen-bond donors (Lipinski definition) is 0. The standard InChI is InChI=1S/C20H26O5/c1-6-10(2)18(22)25-17-16-12(4)19(23)24-14(16)9-11(3)13-7-8-15(21)20(13,17)5/h7-8,10-11,13-14,16-17H,4,6,9H2,1-3,5H3. The van der Waals surface area contributed by atoms with Crippen LogP contribution in [0.15, 0.2) is 24.3 Å². The van der Waals surface area contributed by atoms with Gasteiger partial charge in [-0.05, 0) is 37.7 Å². The Bertz CT molecular complexity index is 663. The minimum Gasteiger partial charge on any atom is -0.460 e. The summed E-state index contributed by atoms with van der Waals surface area (Å²) in [6, 6.07) is 0. The fourth-order valence-electron chi connectivity index (χ4n) is 4.55. The van der Waals surface area contributed by atoms with Gasteiger partial charge >= 0.3 is 11.9 Å². The molecule has 1 aliphatic heterocycles. The zero-order valence-electron chi connectivity index (χ0n) is 15.3. The van der Waals surface area contributed by atoms with Crippen molar-refractivity contribution < 1.29 is 23.9 Å². The highest BCUT2D eigenvalue weighted by molar-refractivity contribution is 5.99. The molecular weight excluding hydrogens is 320 g/mol. The number of ketones is 1. The molecule has 3 rings (SSSR count). The lowest BCUT2D eigenvalue weighted by Crippen LogP contribution is -2.49. The Morgan fingerprint density at radius 3 is 2.80 bits per heavy atom. The second-order valence-corrected chi connectivity index (χ2v) is 7.91. The molecule has 0 aromatic carbocycles. The molecule has 5 heteroatoms. The second kappa shape index (κ2) is 6.11. The maximum absolute atomic E-state index is 12.8. The van der Waals surface area contributed by atoms with Crippen LogP contribution in [0.2, 0.25) is 0 Å². The molecule has 0 aromatic heterocycles. The first-order valence-electron chi connectivity index (χ1n) is 9.04. The van der Waals surface area contributed by atoms with Crippen LogP contribution in [-0.2, 0) is 23.9 Å². The van der Waals surface area contributed by atoms with E-state index in [1.807, 2.05) is 19.9 Å². The maximum atomic E-state index is 12.8. The van der Waals surface area contributed by atoms with Gasteiger partial charge in [-0.1, -0.05) is 33.4 Å². The van der Waals surface area contributed by atoms with E-state index in [1.54, 1.807) is 13.0 Å². The third-order valence-electron chi connectivity index (χ3n) is 6.39. The average Bonchev–Trinajstić information content (AvgIpc) is 2.99. The third-order valence-corrected chi connectivity index (χ3v) is 6.39. The largest absolute Gasteiger partial charge is 0.460 e. The van der Waals surface area contributed by atoms with Crippen LogP contribution in [-0.4, -0.2) is 29.9 Å². The minimum absolute atomic E-state index is 0.0492. The van der Waals surface area contributed by atoms with E-state index in [4.69, 9.17) is 9.47 Å². The molecule has 7 atom stereocenters. The minimum atomic E-state index is -0.890. The lowest BCUT2D eigenvalue weighted by molar-refractivity contribution is -0.168. The Morgan fingerprint density at radius 2 is 2.16 bits per heavy atom. The normalized spacial score (nSPS) is 41.0. The maximum Gasteiger partial charge on any atom is 0.334 e. The fraction of sp³-hybridized carbons (Fsp3) is 0.650. The summed E-state index contributed by atoms with van der Waals surface area (Å²) in [5.41, 5.74) is -0.584. The summed E-state index contributed by atoms with van der Waals surface area (Å²) in [6.07, 6.45) is 3.65. The summed E-state index contributed by atoms with van der Waals surface area (Å²) in [7, 11) is 0. The molecule has 0 radical (unpaired) electrons. The molecule has 25 heavy (non-hydrogen) atoms. The summed E-state index contributed by atoms with van der Waals surface area (Å²) in [5, 5.41) is 0. The lowest BCUT2D eigenvalue weighted by Gasteiger charge is -2.40. The van der Waals surface area contributed by atoms with E-state index < -0.39 is 29.5 Å². The van der Waals surface area contributed by atoms with Gasteiger partial charge in [0.15, 0.2) is 5.78 Å². The monoisotopic (exact) mass is 346 g/mol. The van der Waals surface area contributed by atoms with Crippen molar-refractivity contribution in [3.05, 3.63) is 24.3 Å². The highest BCUT2D eigenvalue weighted by atomic mass is 16.6. The molecule has 3 aliphatic rings. The van der Waals surface area contributed by atoms with Crippen LogP contribution in [0.1, 0.15) is 40.5 Å². The van der Waals surface area contributed by atoms with E-state index in [0.29, 0.717) is 18.4 Å². The Hall–Kier alpha value is -1.91. The first kappa shape index (κ1) is 17.9. The predicted octanol–water partition coefficient (Wildman–Crippen LogP) is 2.84. The molecule has 1 saturated heterocycles. The van der Waals surface area contributed by atoms with E-state index in [2.05, 4.69) is 13.5 Å². The van der Waals surface area contributed by atoms with Gasteiger partial charge < -0.3 is 9.47 Å². The zero-order chi connectivity index (χ0) is 18.5. The molecule has 136 valence electrons. The summed E-state index contributed by atoms with van der Waals surface area (Å²) in [4.78, 5) is 37.4. The van der Waals surface area contributed by atoms with E-state index in [9.17, 15) is 14.4 Å². The highest BCUT2D eigenvalue weighted by Crippen LogP contribution is 2.54. The molecular formula is C20H26O5. The molecule has 7 unspecified atom stereocenters. The number of ether oxygens (including phenoxy) is 2. The summed E-state index contributed by atoms with van der Waals surface area (Å²) in [6.45, 7) is 11.5. The van der Waals surface area contributed by atoms with Gasteiger partial charge in [0.1, 0.15) is 12.2 Å². The Balaban J connectivity index is 2.06. The number of rotatable bonds is 3. The van der Waals surface area contributed by atoms with Crippen LogP contribution in [0.25, 0.3) is 0 Å². The van der Waals surface area contributed by atoms with Crippen LogP contribution in [0.3, 0.4) is 0 Å². The molecule has 0 N–H and O–H groups in total. The van der Waals surface area contributed by atoms with Gasteiger partial charge in [0.25, 0.3) is 0 Å². The van der Waals surface area contributed by atoms with Crippen molar-refractivity contribution in [3.63, 3.8) is 0 Å². The first-order valence-corrected chi connectivity index (χ1v) is 9.04. The second-order valence-electron chi connectivity index (χ2n) is 7.91. The van der Waals surface area contributed by atoms with Crippen molar-refractivity contribution >= 4 is 17.7 Å². The van der Waals surface area contributed by atoms with Crippen molar-refractivity contribution in [1.29, 1.82) is 0 Å². The number of esters is 2. The Morgan fingerprint density at radius 1 is 1.48 bits per heavy atom. The first-order chi connectivity index (χ1) is 11.7. The molecule has 2 fully saturated rings. The molecule has 1 heterocycles. The topological polar surface area (TPSA) is 69.7 Å². The van der Waals surface area contributed by atoms with Crippen molar-refractivity contribution in [1.82, 2.24) is 0 Å². The average molecular weight is 346 g/mol. The Labute approximate surface area is 148 Å². The van der Waals surface area contributed by atoms with Crippen LogP contribution < -0.4 is 0 Å². The molecule has 0 spiro atoms. The zero-order valence-corrected chi connectivity index (χ0v) is 15.3. The van der Waals surface area contributed by atoms with Crippen molar-refractivity contribution in [2.24, 2.45) is 29.1 Å². The van der Waals surface area contributed by atoms with Gasteiger partial charge in [-0.15, -0.1) is 0 Å². The summed E-state index contributed by atoms with van der Waals surface area (Å²) >= 11 is 0. The van der Waals surface area contributed by atoms with E-state index in [0.717, 1.165) is 0 Å². The van der Waals surface area contributed by atoms with Gasteiger partial charge in [-0.3, -0.25) is 9.59 Å². The SMILES string of the molecule is C=C1C(=O)OC2CC(C)C3C=CC(=O)C3(C)C(OC(=O)C(C)CC)C12. The molecule has 5 nitrogen and oxygen atoms in total. The van der Waals surface area contributed by atoms with E-state index in [1.165, 1.54) is 0 Å². The molecule has 2 aliphatic carbocycles. The summed E-state index contributed by atoms with van der Waals surface area (Å²) < 4.78 is 11.4. The van der Waals surface area contributed by atoms with Gasteiger partial charge in [0, 0.05) is 5.57 Å². The fourth-order valence-corrected chi connectivity index (χ4v) is 4.55. The number of allylic oxidation sites excluding steroid dienone is 2. The van der Waals surface area contributed by atoms with Crippen LogP contribution >= 0.6 is 0 Å². The van der Waals surface area contributed by atoms with Gasteiger partial charge in [-0.2, -0.15) is 0 Å². The summed E-state index contributed by atoms with van der Waals surface area (Å²) in [5.74, 6) is -1.50. The molecule has 0 amide bonds. The van der Waals surface area contributed by atoms with Crippen LogP contribution in [0.5, 0.6) is 0 Å². The van der Waals surface area contributed by atoms with E-state index >= 15 is 0 Å². The number of hydrogen-bond acceptors (Lipinski definition) is 5. The molecule has 1 saturated carbocycles. The van der Waals surface area contributed by atoms with Gasteiger partial charge in [0.05, 0.1) is 17.3 Å². The molecule has 0 aromatic rings. The lowest BCUT2D eigenvalue weighted by atomic mass is 9.67. The van der Waals surface area contributed by atoms with Crippen LogP contribution in [0, 0.1) is 29.1 Å². The predicted molar refractivity (Wildman–Crippen MR) is 91.4 cm³/mol. The van der Waals surface area contributed by atoms with Crippen molar-refractivity contribution in [2.75, 3.05) is 0 Å². The van der Waals surface area contributed by atoms with Crippen molar-refractivity contribution in [2.45, 2.75) is 52.7 Å². The van der Waals surface area contributed by atoms with Crippen LogP contribution in [0.4, 0.5) is 0 Å². The quantitative estimate of drug-likeness (QED) is 0.580. The number of carbonyl (C=O) groups is 3.